The second-order valence-electron chi connectivity index (χ2n) is 7.05. The van der Waals surface area contributed by atoms with E-state index in [0.717, 1.165) is 16.9 Å². The van der Waals surface area contributed by atoms with E-state index in [1.807, 2.05) is 41.8 Å². The maximum absolute atomic E-state index is 13.1. The van der Waals surface area contributed by atoms with Crippen LogP contribution in [0.3, 0.4) is 0 Å². The minimum Gasteiger partial charge on any atom is -0.507 e. The Kier molecular flexibility index (Phi) is 5.98. The standard InChI is InChI=1S/C24H20BrNO4S/c1-3-14-6-9-16(10-7-14)26-21(19-5-4-12-31-19)20(23(28)24(26)29)22(27)15-8-11-18(30-2)17(25)13-15/h4-13,21,27H,3H2,1-2H3/b22-20-. The van der Waals surface area contributed by atoms with E-state index in [4.69, 9.17) is 4.74 Å². The number of carbonyl (C=O) groups is 2. The van der Waals surface area contributed by atoms with Crippen LogP contribution in [0.4, 0.5) is 5.69 Å². The van der Waals surface area contributed by atoms with Crippen LogP contribution in [0.5, 0.6) is 5.75 Å². The summed E-state index contributed by atoms with van der Waals surface area (Å²) in [6, 6.07) is 15.6. The molecule has 1 aliphatic heterocycles. The minimum atomic E-state index is -0.706. The van der Waals surface area contributed by atoms with Crippen LogP contribution in [0.2, 0.25) is 0 Å². The zero-order valence-electron chi connectivity index (χ0n) is 17.0. The number of carbonyl (C=O) groups excluding carboxylic acids is 2. The van der Waals surface area contributed by atoms with E-state index in [2.05, 4.69) is 22.9 Å². The zero-order chi connectivity index (χ0) is 22.1. The van der Waals surface area contributed by atoms with Gasteiger partial charge < -0.3 is 9.84 Å². The van der Waals surface area contributed by atoms with E-state index >= 15 is 0 Å². The van der Waals surface area contributed by atoms with Crippen LogP contribution in [0.25, 0.3) is 5.76 Å². The van der Waals surface area contributed by atoms with Crippen LogP contribution in [-0.2, 0) is 16.0 Å². The van der Waals surface area contributed by atoms with Crippen molar-refractivity contribution in [3.8, 4) is 5.75 Å². The van der Waals surface area contributed by atoms with Crippen molar-refractivity contribution in [2.45, 2.75) is 19.4 Å². The van der Waals surface area contributed by atoms with Gasteiger partial charge in [0.15, 0.2) is 0 Å². The second kappa shape index (κ2) is 8.69. The first-order valence-corrected chi connectivity index (χ1v) is 11.4. The average Bonchev–Trinajstić information content (AvgIpc) is 3.40. The smallest absolute Gasteiger partial charge is 0.300 e. The molecule has 31 heavy (non-hydrogen) atoms. The van der Waals surface area contributed by atoms with Gasteiger partial charge in [0.25, 0.3) is 11.7 Å². The van der Waals surface area contributed by atoms with Gasteiger partial charge in [-0.05, 0) is 69.7 Å². The number of ketones is 1. The Balaban J connectivity index is 1.88. The number of methoxy groups -OCH3 is 1. The van der Waals surface area contributed by atoms with Gasteiger partial charge in [0.05, 0.1) is 17.2 Å². The Morgan fingerprint density at radius 3 is 2.48 bits per heavy atom. The molecule has 3 aromatic rings. The van der Waals surface area contributed by atoms with E-state index in [1.165, 1.54) is 16.2 Å². The second-order valence-corrected chi connectivity index (χ2v) is 8.89. The summed E-state index contributed by atoms with van der Waals surface area (Å²) in [5.41, 5.74) is 2.25. The summed E-state index contributed by atoms with van der Waals surface area (Å²) in [5.74, 6) is -0.977. The summed E-state index contributed by atoms with van der Waals surface area (Å²) in [6.45, 7) is 2.06. The third kappa shape index (κ3) is 3.79. The molecule has 158 valence electrons. The monoisotopic (exact) mass is 497 g/mol. The number of ether oxygens (including phenoxy) is 1. The van der Waals surface area contributed by atoms with Crippen LogP contribution >= 0.6 is 27.3 Å². The van der Waals surface area contributed by atoms with E-state index in [1.54, 1.807) is 25.3 Å². The molecule has 0 radical (unpaired) electrons. The molecule has 1 N–H and O–H groups in total. The number of nitrogens with zero attached hydrogens (tertiary/aromatic N) is 1. The van der Waals surface area contributed by atoms with Gasteiger partial charge >= 0.3 is 0 Å². The fourth-order valence-electron chi connectivity index (χ4n) is 3.68. The van der Waals surface area contributed by atoms with Crippen molar-refractivity contribution in [3.05, 3.63) is 86.0 Å². The molecule has 7 heteroatoms. The summed E-state index contributed by atoms with van der Waals surface area (Å²) >= 11 is 4.84. The van der Waals surface area contributed by atoms with E-state index in [-0.39, 0.29) is 11.3 Å². The summed E-state index contributed by atoms with van der Waals surface area (Å²) < 4.78 is 5.88. The SMILES string of the molecule is CCc1ccc(N2C(=O)C(=O)/C(=C(\O)c3ccc(OC)c(Br)c3)C2c2cccs2)cc1. The number of amides is 1. The number of anilines is 1. The van der Waals surface area contributed by atoms with Gasteiger partial charge in [-0.15, -0.1) is 11.3 Å². The Bertz CT molecular complexity index is 1170. The van der Waals surface area contributed by atoms with E-state index < -0.39 is 17.7 Å². The molecule has 0 aliphatic carbocycles. The van der Waals surface area contributed by atoms with Crippen LogP contribution in [-0.4, -0.2) is 23.9 Å². The van der Waals surface area contributed by atoms with Gasteiger partial charge in [-0.3, -0.25) is 14.5 Å². The van der Waals surface area contributed by atoms with Crippen molar-refractivity contribution in [3.63, 3.8) is 0 Å². The molecule has 1 aromatic heterocycles. The lowest BCUT2D eigenvalue weighted by Gasteiger charge is -2.24. The van der Waals surface area contributed by atoms with Gasteiger partial charge in [-0.1, -0.05) is 25.1 Å². The minimum absolute atomic E-state index is 0.0732. The Labute approximate surface area is 192 Å². The maximum Gasteiger partial charge on any atom is 0.300 e. The van der Waals surface area contributed by atoms with E-state index in [0.29, 0.717) is 21.5 Å². The van der Waals surface area contributed by atoms with E-state index in [9.17, 15) is 14.7 Å². The Morgan fingerprint density at radius 2 is 1.90 bits per heavy atom. The van der Waals surface area contributed by atoms with Crippen molar-refractivity contribution in [1.82, 2.24) is 0 Å². The first-order chi connectivity index (χ1) is 15.0. The summed E-state index contributed by atoms with van der Waals surface area (Å²) in [5, 5.41) is 13.0. The maximum atomic E-state index is 13.1. The lowest BCUT2D eigenvalue weighted by Crippen LogP contribution is -2.29. The molecule has 0 bridgehead atoms. The number of hydrogen-bond acceptors (Lipinski definition) is 5. The molecule has 4 rings (SSSR count). The van der Waals surface area contributed by atoms with Crippen molar-refractivity contribution >= 4 is 50.4 Å². The predicted molar refractivity (Wildman–Crippen MR) is 126 cm³/mol. The third-order valence-corrected chi connectivity index (χ3v) is 6.85. The van der Waals surface area contributed by atoms with Crippen LogP contribution in [0.15, 0.2) is 70.0 Å². The molecule has 1 unspecified atom stereocenters. The molecule has 1 saturated heterocycles. The highest BCUT2D eigenvalue weighted by molar-refractivity contribution is 9.10. The molecule has 2 aromatic carbocycles. The van der Waals surface area contributed by atoms with Crippen molar-refractivity contribution in [2.24, 2.45) is 0 Å². The number of aliphatic hydroxyl groups is 1. The number of thiophene rings is 1. The normalized spacial score (nSPS) is 17.9. The zero-order valence-corrected chi connectivity index (χ0v) is 19.4. The molecule has 1 atom stereocenters. The number of hydrogen-bond donors (Lipinski definition) is 1. The highest BCUT2D eigenvalue weighted by Gasteiger charge is 2.47. The average molecular weight is 498 g/mol. The fraction of sp³-hybridized carbons (Fsp3) is 0.167. The summed E-state index contributed by atoms with van der Waals surface area (Å²) in [4.78, 5) is 28.5. The quantitative estimate of drug-likeness (QED) is 0.278. The number of halogens is 1. The first kappa shape index (κ1) is 21.3. The molecular weight excluding hydrogens is 478 g/mol. The number of aryl methyl sites for hydroxylation is 1. The van der Waals surface area contributed by atoms with Gasteiger partial charge in [0.2, 0.25) is 0 Å². The summed E-state index contributed by atoms with van der Waals surface area (Å²) in [7, 11) is 1.55. The van der Waals surface area contributed by atoms with Gasteiger partial charge in [-0.25, -0.2) is 0 Å². The molecule has 1 fully saturated rings. The van der Waals surface area contributed by atoms with Crippen molar-refractivity contribution < 1.29 is 19.4 Å². The van der Waals surface area contributed by atoms with Gasteiger partial charge in [-0.2, -0.15) is 0 Å². The molecule has 0 saturated carbocycles. The summed E-state index contributed by atoms with van der Waals surface area (Å²) in [6.07, 6.45) is 0.875. The third-order valence-electron chi connectivity index (χ3n) is 5.31. The van der Waals surface area contributed by atoms with Crippen molar-refractivity contribution in [1.29, 1.82) is 0 Å². The fourth-order valence-corrected chi connectivity index (χ4v) is 5.04. The number of benzene rings is 2. The molecule has 5 nitrogen and oxygen atoms in total. The Hall–Kier alpha value is -2.90. The van der Waals surface area contributed by atoms with Crippen molar-refractivity contribution in [2.75, 3.05) is 12.0 Å². The molecule has 0 spiro atoms. The molecule has 1 amide bonds. The molecular formula is C24H20BrNO4S. The molecule has 1 aliphatic rings. The number of Topliss-reactive ketones (excluding diaryl/α,β-unsaturated/α-hetero) is 1. The van der Waals surface area contributed by atoms with Crippen LogP contribution in [0.1, 0.15) is 29.0 Å². The van der Waals surface area contributed by atoms with Gasteiger partial charge in [0, 0.05) is 16.1 Å². The predicted octanol–water partition coefficient (Wildman–Crippen LogP) is 5.71. The lowest BCUT2D eigenvalue weighted by molar-refractivity contribution is -0.132. The lowest BCUT2D eigenvalue weighted by atomic mass is 9.99. The highest BCUT2D eigenvalue weighted by atomic mass is 79.9. The first-order valence-electron chi connectivity index (χ1n) is 9.73. The number of aliphatic hydroxyl groups excluding tert-OH is 1. The Morgan fingerprint density at radius 1 is 1.16 bits per heavy atom. The largest absolute Gasteiger partial charge is 0.507 e. The van der Waals surface area contributed by atoms with Crippen LogP contribution in [0, 0.1) is 0 Å². The van der Waals surface area contributed by atoms with Crippen LogP contribution < -0.4 is 9.64 Å². The van der Waals surface area contributed by atoms with Gasteiger partial charge in [0.1, 0.15) is 17.6 Å². The molecule has 2 heterocycles. The topological polar surface area (TPSA) is 66.8 Å². The number of rotatable bonds is 5. The highest BCUT2D eigenvalue weighted by Crippen LogP contribution is 2.44.